The normalized spacial score (nSPS) is 14.2. The Morgan fingerprint density at radius 2 is 1.91 bits per heavy atom. The Kier molecular flexibility index (Phi) is 9.27. The molecular weight excluding hydrogens is 387 g/mol. The molecule has 0 unspecified atom stereocenters. The molecule has 0 amide bonds. The lowest BCUT2D eigenvalue weighted by molar-refractivity contribution is 0.678. The summed E-state index contributed by atoms with van der Waals surface area (Å²) in [5.41, 5.74) is 1.28. The first kappa shape index (κ1) is 19.1. The predicted octanol–water partition coefficient (Wildman–Crippen LogP) is 3.10. The van der Waals surface area contributed by atoms with E-state index in [-0.39, 0.29) is 24.0 Å². The molecule has 124 valence electrons. The molecule has 1 saturated carbocycles. The van der Waals surface area contributed by atoms with Crippen LogP contribution in [0.4, 0.5) is 5.69 Å². The predicted molar refractivity (Wildman–Crippen MR) is 106 cm³/mol. The highest BCUT2D eigenvalue weighted by Gasteiger charge is 2.20. The number of nitrogens with zero attached hydrogens (tertiary/aromatic N) is 2. The molecular formula is C17H29IN4. The lowest BCUT2D eigenvalue weighted by atomic mass is 10.2. The third-order valence-electron chi connectivity index (χ3n) is 3.89. The second-order valence-electron chi connectivity index (χ2n) is 5.79. The van der Waals surface area contributed by atoms with Crippen molar-refractivity contribution in [2.24, 2.45) is 10.9 Å². The molecule has 0 atom stereocenters. The van der Waals surface area contributed by atoms with Crippen LogP contribution in [0, 0.1) is 5.92 Å². The van der Waals surface area contributed by atoms with Crippen molar-refractivity contribution in [3.8, 4) is 0 Å². The maximum atomic E-state index is 4.25. The van der Waals surface area contributed by atoms with Crippen molar-refractivity contribution in [3.05, 3.63) is 30.3 Å². The smallest absolute Gasteiger partial charge is 0.190 e. The summed E-state index contributed by atoms with van der Waals surface area (Å²) in [5.74, 6) is 1.82. The van der Waals surface area contributed by atoms with Gasteiger partial charge in [-0.3, -0.25) is 4.99 Å². The Morgan fingerprint density at radius 3 is 2.55 bits per heavy atom. The monoisotopic (exact) mass is 416 g/mol. The summed E-state index contributed by atoms with van der Waals surface area (Å²) in [6, 6.07) is 10.5. The van der Waals surface area contributed by atoms with Crippen LogP contribution in [-0.4, -0.2) is 39.7 Å². The van der Waals surface area contributed by atoms with E-state index in [0.29, 0.717) is 0 Å². The first-order chi connectivity index (χ1) is 10.3. The molecule has 22 heavy (non-hydrogen) atoms. The number of anilines is 1. The fourth-order valence-electron chi connectivity index (χ4n) is 2.28. The number of benzene rings is 1. The standard InChI is InChI=1S/C17H28N4.HI/c1-18-17(20-14-15-10-11-15)19-12-6-7-13-21(2)16-8-4-3-5-9-16;/h3-5,8-9,15H,6-7,10-14H2,1-2H3,(H2,18,19,20);1H. The summed E-state index contributed by atoms with van der Waals surface area (Å²) in [6.45, 7) is 3.13. The van der Waals surface area contributed by atoms with E-state index in [2.05, 4.69) is 57.9 Å². The van der Waals surface area contributed by atoms with Crippen LogP contribution in [0.25, 0.3) is 0 Å². The number of hydrogen-bond acceptors (Lipinski definition) is 2. The van der Waals surface area contributed by atoms with Crippen molar-refractivity contribution < 1.29 is 0 Å². The van der Waals surface area contributed by atoms with Crippen LogP contribution in [-0.2, 0) is 0 Å². The number of para-hydroxylation sites is 1. The molecule has 0 saturated heterocycles. The average molecular weight is 416 g/mol. The molecule has 1 aliphatic rings. The van der Waals surface area contributed by atoms with Crippen LogP contribution in [0.5, 0.6) is 0 Å². The summed E-state index contributed by atoms with van der Waals surface area (Å²) in [6.07, 6.45) is 5.07. The fraction of sp³-hybridized carbons (Fsp3) is 0.588. The van der Waals surface area contributed by atoms with Crippen LogP contribution < -0.4 is 15.5 Å². The zero-order chi connectivity index (χ0) is 14.9. The van der Waals surface area contributed by atoms with E-state index in [9.17, 15) is 0 Å². The average Bonchev–Trinajstić information content (AvgIpc) is 3.35. The van der Waals surface area contributed by atoms with Crippen molar-refractivity contribution >= 4 is 35.6 Å². The summed E-state index contributed by atoms with van der Waals surface area (Å²) in [4.78, 5) is 6.56. The Hall–Kier alpha value is -0.980. The largest absolute Gasteiger partial charge is 0.375 e. The van der Waals surface area contributed by atoms with Crippen molar-refractivity contribution in [3.63, 3.8) is 0 Å². The maximum Gasteiger partial charge on any atom is 0.190 e. The molecule has 2 N–H and O–H groups in total. The minimum Gasteiger partial charge on any atom is -0.375 e. The zero-order valence-corrected chi connectivity index (χ0v) is 16.0. The molecule has 0 spiro atoms. The molecule has 4 nitrogen and oxygen atoms in total. The number of unbranched alkanes of at least 4 members (excludes halogenated alkanes) is 1. The van der Waals surface area contributed by atoms with Crippen molar-refractivity contribution in [1.29, 1.82) is 0 Å². The molecule has 0 aromatic heterocycles. The van der Waals surface area contributed by atoms with Crippen molar-refractivity contribution in [2.75, 3.05) is 38.6 Å². The van der Waals surface area contributed by atoms with Crippen LogP contribution in [0.2, 0.25) is 0 Å². The number of rotatable bonds is 8. The SMILES string of the molecule is CN=C(NCCCCN(C)c1ccccc1)NCC1CC1.I. The highest BCUT2D eigenvalue weighted by atomic mass is 127. The molecule has 0 aliphatic heterocycles. The van der Waals surface area contributed by atoms with Gasteiger partial charge in [0.25, 0.3) is 0 Å². The van der Waals surface area contributed by atoms with E-state index in [4.69, 9.17) is 0 Å². The van der Waals surface area contributed by atoms with Gasteiger partial charge in [-0.05, 0) is 43.7 Å². The minimum atomic E-state index is 0. The molecule has 0 radical (unpaired) electrons. The first-order valence-corrected chi connectivity index (χ1v) is 8.00. The van der Waals surface area contributed by atoms with Crippen LogP contribution in [0.1, 0.15) is 25.7 Å². The summed E-state index contributed by atoms with van der Waals surface area (Å²) in [5, 5.41) is 6.77. The maximum absolute atomic E-state index is 4.25. The van der Waals surface area contributed by atoms with Crippen LogP contribution in [0.3, 0.4) is 0 Å². The van der Waals surface area contributed by atoms with E-state index < -0.39 is 0 Å². The lowest BCUT2D eigenvalue weighted by Crippen LogP contribution is -2.38. The highest BCUT2D eigenvalue weighted by Crippen LogP contribution is 2.27. The van der Waals surface area contributed by atoms with Gasteiger partial charge in [0.1, 0.15) is 0 Å². The van der Waals surface area contributed by atoms with Gasteiger partial charge in [0.2, 0.25) is 0 Å². The minimum absolute atomic E-state index is 0. The zero-order valence-electron chi connectivity index (χ0n) is 13.7. The molecule has 1 aliphatic carbocycles. The number of nitrogens with one attached hydrogen (secondary N) is 2. The number of guanidine groups is 1. The Morgan fingerprint density at radius 1 is 1.18 bits per heavy atom. The molecule has 1 aromatic carbocycles. The fourth-order valence-corrected chi connectivity index (χ4v) is 2.28. The van der Waals surface area contributed by atoms with E-state index >= 15 is 0 Å². The Balaban J connectivity index is 0.00000242. The third kappa shape index (κ3) is 7.33. The third-order valence-corrected chi connectivity index (χ3v) is 3.89. The topological polar surface area (TPSA) is 39.7 Å². The molecule has 1 fully saturated rings. The quantitative estimate of drug-likeness (QED) is 0.296. The highest BCUT2D eigenvalue weighted by molar-refractivity contribution is 14.0. The van der Waals surface area contributed by atoms with E-state index in [1.54, 1.807) is 0 Å². The number of aliphatic imine (C=N–C) groups is 1. The Labute approximate surface area is 151 Å². The molecule has 5 heteroatoms. The molecule has 0 bridgehead atoms. The Bertz CT molecular complexity index is 432. The van der Waals surface area contributed by atoms with Gasteiger partial charge in [-0.2, -0.15) is 0 Å². The van der Waals surface area contributed by atoms with Crippen LogP contribution >= 0.6 is 24.0 Å². The van der Waals surface area contributed by atoms with Gasteiger partial charge in [-0.25, -0.2) is 0 Å². The van der Waals surface area contributed by atoms with Crippen LogP contribution in [0.15, 0.2) is 35.3 Å². The molecule has 2 rings (SSSR count). The second kappa shape index (κ2) is 10.7. The van der Waals surface area contributed by atoms with Gasteiger partial charge in [-0.1, -0.05) is 18.2 Å². The van der Waals surface area contributed by atoms with Gasteiger partial charge < -0.3 is 15.5 Å². The van der Waals surface area contributed by atoms with E-state index in [0.717, 1.165) is 37.9 Å². The van der Waals surface area contributed by atoms with Gasteiger partial charge in [0.15, 0.2) is 5.96 Å². The van der Waals surface area contributed by atoms with Gasteiger partial charge in [0, 0.05) is 39.4 Å². The van der Waals surface area contributed by atoms with Gasteiger partial charge in [0.05, 0.1) is 0 Å². The summed E-state index contributed by atoms with van der Waals surface area (Å²) < 4.78 is 0. The van der Waals surface area contributed by atoms with Gasteiger partial charge >= 0.3 is 0 Å². The number of hydrogen-bond donors (Lipinski definition) is 2. The molecule has 0 heterocycles. The lowest BCUT2D eigenvalue weighted by Gasteiger charge is -2.19. The van der Waals surface area contributed by atoms with Crippen molar-refractivity contribution in [2.45, 2.75) is 25.7 Å². The summed E-state index contributed by atoms with van der Waals surface area (Å²) >= 11 is 0. The van der Waals surface area contributed by atoms with Gasteiger partial charge in [-0.15, -0.1) is 24.0 Å². The second-order valence-corrected chi connectivity index (χ2v) is 5.79. The number of halogens is 1. The van der Waals surface area contributed by atoms with Crippen molar-refractivity contribution in [1.82, 2.24) is 10.6 Å². The first-order valence-electron chi connectivity index (χ1n) is 8.00. The van der Waals surface area contributed by atoms with E-state index in [1.165, 1.54) is 24.9 Å². The molecule has 1 aromatic rings. The van der Waals surface area contributed by atoms with E-state index in [1.807, 2.05) is 7.05 Å². The summed E-state index contributed by atoms with van der Waals surface area (Å²) in [7, 11) is 3.99.